The van der Waals surface area contributed by atoms with Crippen LogP contribution >= 0.6 is 0 Å². The summed E-state index contributed by atoms with van der Waals surface area (Å²) < 4.78 is 5.27. The quantitative estimate of drug-likeness (QED) is 0.582. The number of amides is 1. The Bertz CT molecular complexity index is 447. The van der Waals surface area contributed by atoms with E-state index >= 15 is 0 Å². The number of aliphatic hydroxyl groups excluding tert-OH is 1. The SMILES string of the molecule is CCCC(C(C)N)[C@@H]1[C@H](O)[C@@H](C(=O)O)C[C@H]1NC(=O)OC(C)(C)C. The van der Waals surface area contributed by atoms with Crippen LogP contribution in [0, 0.1) is 17.8 Å². The number of ether oxygens (including phenoxy) is 1. The molecule has 7 nitrogen and oxygen atoms in total. The summed E-state index contributed by atoms with van der Waals surface area (Å²) in [5, 5.41) is 22.7. The summed E-state index contributed by atoms with van der Waals surface area (Å²) >= 11 is 0. The van der Waals surface area contributed by atoms with Gasteiger partial charge in [0.15, 0.2) is 0 Å². The van der Waals surface area contributed by atoms with E-state index in [1.165, 1.54) is 0 Å². The van der Waals surface area contributed by atoms with Gasteiger partial charge in [-0.2, -0.15) is 0 Å². The van der Waals surface area contributed by atoms with Crippen LogP contribution in [0.4, 0.5) is 4.79 Å². The minimum atomic E-state index is -1.05. The molecular formula is C17H32N2O5. The number of aliphatic carboxylic acids is 1. The first-order valence-electron chi connectivity index (χ1n) is 8.63. The third-order valence-electron chi connectivity index (χ3n) is 4.59. The van der Waals surface area contributed by atoms with Gasteiger partial charge in [-0.1, -0.05) is 13.3 Å². The smallest absolute Gasteiger partial charge is 0.407 e. The number of hydrogen-bond acceptors (Lipinski definition) is 5. The van der Waals surface area contributed by atoms with E-state index in [1.807, 2.05) is 13.8 Å². The van der Waals surface area contributed by atoms with Crippen molar-refractivity contribution in [2.45, 2.75) is 77.7 Å². The fraction of sp³-hybridized carbons (Fsp3) is 0.882. The van der Waals surface area contributed by atoms with Crippen LogP contribution in [0.15, 0.2) is 0 Å². The molecule has 0 aromatic heterocycles. The molecule has 1 amide bonds. The molecule has 7 heteroatoms. The van der Waals surface area contributed by atoms with E-state index < -0.39 is 41.6 Å². The van der Waals surface area contributed by atoms with Gasteiger partial charge in [0.05, 0.1) is 12.0 Å². The molecular weight excluding hydrogens is 312 g/mol. The third kappa shape index (κ3) is 5.34. The molecule has 0 heterocycles. The number of nitrogens with one attached hydrogen (secondary N) is 1. The van der Waals surface area contributed by atoms with Crippen molar-refractivity contribution in [1.29, 1.82) is 0 Å². The highest BCUT2D eigenvalue weighted by atomic mass is 16.6. The molecule has 140 valence electrons. The average molecular weight is 344 g/mol. The van der Waals surface area contributed by atoms with Crippen LogP contribution in [-0.2, 0) is 9.53 Å². The van der Waals surface area contributed by atoms with Gasteiger partial charge < -0.3 is 26.0 Å². The number of carboxylic acid groups (broad SMARTS) is 1. The maximum absolute atomic E-state index is 12.1. The molecule has 0 aromatic rings. The van der Waals surface area contributed by atoms with Crippen molar-refractivity contribution in [3.63, 3.8) is 0 Å². The van der Waals surface area contributed by atoms with Gasteiger partial charge in [0, 0.05) is 18.0 Å². The zero-order chi connectivity index (χ0) is 18.7. The molecule has 0 bridgehead atoms. The first-order valence-corrected chi connectivity index (χ1v) is 8.63. The molecule has 0 aromatic carbocycles. The summed E-state index contributed by atoms with van der Waals surface area (Å²) in [6, 6.07) is -0.682. The second-order valence-electron chi connectivity index (χ2n) is 7.81. The Balaban J connectivity index is 2.99. The maximum atomic E-state index is 12.1. The van der Waals surface area contributed by atoms with Crippen molar-refractivity contribution in [2.75, 3.05) is 0 Å². The highest BCUT2D eigenvalue weighted by molar-refractivity contribution is 5.72. The van der Waals surface area contributed by atoms with Gasteiger partial charge in [-0.25, -0.2) is 4.79 Å². The second kappa shape index (κ2) is 8.16. The van der Waals surface area contributed by atoms with E-state index in [0.717, 1.165) is 12.8 Å². The predicted octanol–water partition coefficient (Wildman–Crippen LogP) is 1.72. The van der Waals surface area contributed by atoms with E-state index in [2.05, 4.69) is 5.32 Å². The fourth-order valence-electron chi connectivity index (χ4n) is 3.63. The summed E-state index contributed by atoms with van der Waals surface area (Å²) in [6.45, 7) is 9.15. The monoisotopic (exact) mass is 344 g/mol. The Labute approximate surface area is 143 Å². The molecule has 2 unspecified atom stereocenters. The molecule has 24 heavy (non-hydrogen) atoms. The van der Waals surface area contributed by atoms with Gasteiger partial charge in [0.1, 0.15) is 5.60 Å². The maximum Gasteiger partial charge on any atom is 0.407 e. The molecule has 5 N–H and O–H groups in total. The van der Waals surface area contributed by atoms with Crippen LogP contribution in [0.5, 0.6) is 0 Å². The van der Waals surface area contributed by atoms with Crippen LogP contribution in [0.1, 0.15) is 53.9 Å². The highest BCUT2D eigenvalue weighted by Gasteiger charge is 2.50. The molecule has 1 aliphatic rings. The minimum Gasteiger partial charge on any atom is -0.481 e. The zero-order valence-corrected chi connectivity index (χ0v) is 15.3. The van der Waals surface area contributed by atoms with Crippen molar-refractivity contribution in [3.8, 4) is 0 Å². The zero-order valence-electron chi connectivity index (χ0n) is 15.3. The molecule has 6 atom stereocenters. The van der Waals surface area contributed by atoms with Crippen molar-refractivity contribution >= 4 is 12.1 Å². The normalized spacial score (nSPS) is 29.8. The Hall–Kier alpha value is -1.34. The Morgan fingerprint density at radius 1 is 1.38 bits per heavy atom. The van der Waals surface area contributed by atoms with E-state index in [1.54, 1.807) is 20.8 Å². The fourth-order valence-corrected chi connectivity index (χ4v) is 3.63. The number of hydrogen-bond donors (Lipinski definition) is 4. The summed E-state index contributed by atoms with van der Waals surface area (Å²) in [6.07, 6.45) is 0.165. The molecule has 0 spiro atoms. The summed E-state index contributed by atoms with van der Waals surface area (Å²) in [4.78, 5) is 23.5. The summed E-state index contributed by atoms with van der Waals surface area (Å²) in [5.41, 5.74) is 5.43. The van der Waals surface area contributed by atoms with Gasteiger partial charge in [-0.3, -0.25) is 4.79 Å². The average Bonchev–Trinajstić information content (AvgIpc) is 2.70. The molecule has 0 radical (unpaired) electrons. The van der Waals surface area contributed by atoms with Crippen molar-refractivity contribution < 1.29 is 24.5 Å². The Morgan fingerprint density at radius 2 is 1.96 bits per heavy atom. The lowest BCUT2D eigenvalue weighted by Gasteiger charge is -2.34. The van der Waals surface area contributed by atoms with Crippen molar-refractivity contribution in [2.24, 2.45) is 23.5 Å². The molecule has 1 fully saturated rings. The number of carboxylic acids is 1. The van der Waals surface area contributed by atoms with E-state index in [-0.39, 0.29) is 18.4 Å². The summed E-state index contributed by atoms with van der Waals surface area (Å²) in [7, 11) is 0. The number of alkyl carbamates (subject to hydrolysis) is 1. The largest absolute Gasteiger partial charge is 0.481 e. The van der Waals surface area contributed by atoms with Crippen LogP contribution < -0.4 is 11.1 Å². The van der Waals surface area contributed by atoms with E-state index in [9.17, 15) is 19.8 Å². The van der Waals surface area contributed by atoms with Crippen molar-refractivity contribution in [3.05, 3.63) is 0 Å². The molecule has 1 aliphatic carbocycles. The highest BCUT2D eigenvalue weighted by Crippen LogP contribution is 2.39. The number of rotatable bonds is 6. The lowest BCUT2D eigenvalue weighted by molar-refractivity contribution is -0.145. The molecule has 0 saturated heterocycles. The number of nitrogens with two attached hydrogens (primary N) is 1. The summed E-state index contributed by atoms with van der Waals surface area (Å²) in [5.74, 6) is -2.44. The second-order valence-corrected chi connectivity index (χ2v) is 7.81. The first kappa shape index (κ1) is 20.7. The van der Waals surface area contributed by atoms with Crippen LogP contribution in [0.2, 0.25) is 0 Å². The van der Waals surface area contributed by atoms with Crippen LogP contribution in [-0.4, -0.2) is 46.1 Å². The number of carbonyl (C=O) groups excluding carboxylic acids is 1. The van der Waals surface area contributed by atoms with Gasteiger partial charge in [-0.05, 0) is 46.5 Å². The third-order valence-corrected chi connectivity index (χ3v) is 4.59. The Morgan fingerprint density at radius 3 is 2.38 bits per heavy atom. The lowest BCUT2D eigenvalue weighted by Crippen LogP contribution is -2.48. The van der Waals surface area contributed by atoms with Gasteiger partial charge in [-0.15, -0.1) is 0 Å². The van der Waals surface area contributed by atoms with E-state index in [0.29, 0.717) is 0 Å². The molecule has 1 saturated carbocycles. The Kier molecular flexibility index (Phi) is 7.04. The topological polar surface area (TPSA) is 122 Å². The standard InChI is InChI=1S/C17H32N2O5/c1-6-7-10(9(2)18)13-12(8-11(14(13)20)15(21)22)19-16(23)24-17(3,4)5/h9-14,20H,6-8,18H2,1-5H3,(H,19,23)(H,21,22)/t9?,10?,11-,12+,13-,14+/m0/s1. The van der Waals surface area contributed by atoms with E-state index in [4.69, 9.17) is 10.5 Å². The number of aliphatic hydroxyl groups is 1. The van der Waals surface area contributed by atoms with Gasteiger partial charge >= 0.3 is 12.1 Å². The van der Waals surface area contributed by atoms with Crippen LogP contribution in [0.25, 0.3) is 0 Å². The lowest BCUT2D eigenvalue weighted by atomic mass is 9.79. The predicted molar refractivity (Wildman–Crippen MR) is 90.4 cm³/mol. The molecule has 0 aliphatic heterocycles. The molecule has 1 rings (SSSR count). The van der Waals surface area contributed by atoms with Crippen LogP contribution in [0.3, 0.4) is 0 Å². The first-order chi connectivity index (χ1) is 11.0. The number of carbonyl (C=O) groups is 2. The minimum absolute atomic E-state index is 0.0747. The van der Waals surface area contributed by atoms with Crippen molar-refractivity contribution in [1.82, 2.24) is 5.32 Å². The van der Waals surface area contributed by atoms with Gasteiger partial charge in [0.25, 0.3) is 0 Å². The van der Waals surface area contributed by atoms with Gasteiger partial charge in [0.2, 0.25) is 0 Å².